The number of allylic oxidation sites excluding steroid dienone is 1. The third kappa shape index (κ3) is 3.50. The quantitative estimate of drug-likeness (QED) is 0.588. The highest BCUT2D eigenvalue weighted by Gasteiger charge is 2.33. The molecule has 0 amide bonds. The van der Waals surface area contributed by atoms with Gasteiger partial charge in [0.15, 0.2) is 4.80 Å². The van der Waals surface area contributed by atoms with Crippen molar-refractivity contribution in [2.45, 2.75) is 19.9 Å². The van der Waals surface area contributed by atoms with Gasteiger partial charge in [-0.1, -0.05) is 23.5 Å². The smallest absolute Gasteiger partial charge is 0.338 e. The molecular weight excluding hydrogens is 404 g/mol. The van der Waals surface area contributed by atoms with E-state index in [2.05, 4.69) is 4.99 Å². The van der Waals surface area contributed by atoms with E-state index >= 15 is 0 Å². The number of fused-ring (bicyclic) bond motifs is 1. The maximum atomic E-state index is 13.3. The highest BCUT2D eigenvalue weighted by molar-refractivity contribution is 7.07. The molecular formula is C22H20N2O5S. The van der Waals surface area contributed by atoms with Crippen molar-refractivity contribution in [1.82, 2.24) is 4.57 Å². The van der Waals surface area contributed by atoms with Gasteiger partial charge in [0.2, 0.25) is 0 Å². The molecule has 1 atom stereocenters. The molecule has 0 fully saturated rings. The van der Waals surface area contributed by atoms with Crippen molar-refractivity contribution in [2.75, 3.05) is 13.7 Å². The Morgan fingerprint density at radius 3 is 2.70 bits per heavy atom. The summed E-state index contributed by atoms with van der Waals surface area (Å²) in [5.41, 5.74) is 1.39. The van der Waals surface area contributed by atoms with E-state index in [0.717, 1.165) is 5.56 Å². The number of benzene rings is 1. The van der Waals surface area contributed by atoms with Gasteiger partial charge in [0.25, 0.3) is 5.56 Å². The second-order valence-electron chi connectivity index (χ2n) is 6.59. The number of furan rings is 1. The van der Waals surface area contributed by atoms with Crippen molar-refractivity contribution in [2.24, 2.45) is 4.99 Å². The number of carbonyl (C=O) groups is 1. The lowest BCUT2D eigenvalue weighted by Crippen LogP contribution is -2.39. The van der Waals surface area contributed by atoms with Crippen LogP contribution in [0, 0.1) is 0 Å². The summed E-state index contributed by atoms with van der Waals surface area (Å²) in [4.78, 5) is 31.2. The minimum atomic E-state index is -0.648. The average molecular weight is 424 g/mol. The molecule has 30 heavy (non-hydrogen) atoms. The van der Waals surface area contributed by atoms with Crippen molar-refractivity contribution in [3.8, 4) is 5.75 Å². The molecule has 0 spiro atoms. The molecule has 4 rings (SSSR count). The van der Waals surface area contributed by atoms with E-state index < -0.39 is 12.0 Å². The number of esters is 1. The van der Waals surface area contributed by atoms with Gasteiger partial charge in [-0.2, -0.15) is 0 Å². The average Bonchev–Trinajstić information content (AvgIpc) is 3.36. The number of carbonyl (C=O) groups excluding carboxylic acids is 1. The number of hydrogen-bond donors (Lipinski definition) is 0. The zero-order valence-corrected chi connectivity index (χ0v) is 17.6. The maximum absolute atomic E-state index is 13.3. The number of rotatable bonds is 5. The summed E-state index contributed by atoms with van der Waals surface area (Å²) in [7, 11) is 1.58. The molecule has 0 bridgehead atoms. The van der Waals surface area contributed by atoms with E-state index in [9.17, 15) is 9.59 Å². The van der Waals surface area contributed by atoms with Crippen molar-refractivity contribution in [1.29, 1.82) is 0 Å². The molecule has 1 aliphatic rings. The number of methoxy groups -OCH3 is 1. The van der Waals surface area contributed by atoms with Crippen LogP contribution in [0.1, 0.15) is 31.2 Å². The van der Waals surface area contributed by atoms with Gasteiger partial charge in [-0.05, 0) is 43.7 Å². The van der Waals surface area contributed by atoms with Crippen LogP contribution in [0.3, 0.4) is 0 Å². The molecule has 0 unspecified atom stereocenters. The molecule has 0 N–H and O–H groups in total. The van der Waals surface area contributed by atoms with Crippen LogP contribution in [0.2, 0.25) is 0 Å². The van der Waals surface area contributed by atoms with Crippen LogP contribution in [-0.2, 0) is 9.53 Å². The number of nitrogens with zero attached hydrogens (tertiary/aromatic N) is 2. The Morgan fingerprint density at radius 2 is 2.07 bits per heavy atom. The fourth-order valence-corrected chi connectivity index (χ4v) is 4.42. The van der Waals surface area contributed by atoms with Crippen LogP contribution in [0.25, 0.3) is 6.08 Å². The monoisotopic (exact) mass is 424 g/mol. The van der Waals surface area contributed by atoms with Crippen LogP contribution in [0.5, 0.6) is 5.75 Å². The van der Waals surface area contributed by atoms with Gasteiger partial charge in [0.1, 0.15) is 11.5 Å². The third-order valence-corrected chi connectivity index (χ3v) is 5.75. The lowest BCUT2D eigenvalue weighted by molar-refractivity contribution is -0.139. The van der Waals surface area contributed by atoms with E-state index in [1.165, 1.54) is 11.3 Å². The first-order valence-electron chi connectivity index (χ1n) is 9.40. The minimum absolute atomic E-state index is 0.230. The van der Waals surface area contributed by atoms with Crippen LogP contribution >= 0.6 is 11.3 Å². The van der Waals surface area contributed by atoms with E-state index in [0.29, 0.717) is 32.1 Å². The summed E-state index contributed by atoms with van der Waals surface area (Å²) in [6.07, 6.45) is 3.23. The molecule has 0 radical (unpaired) electrons. The molecule has 0 aliphatic carbocycles. The third-order valence-electron chi connectivity index (χ3n) is 4.77. The van der Waals surface area contributed by atoms with E-state index in [1.54, 1.807) is 62.1 Å². The van der Waals surface area contributed by atoms with E-state index in [1.807, 2.05) is 12.1 Å². The molecule has 2 aromatic heterocycles. The molecule has 3 heterocycles. The molecule has 1 aromatic carbocycles. The van der Waals surface area contributed by atoms with Gasteiger partial charge < -0.3 is 13.9 Å². The second kappa shape index (κ2) is 8.16. The predicted molar refractivity (Wildman–Crippen MR) is 112 cm³/mol. The van der Waals surface area contributed by atoms with Gasteiger partial charge in [-0.25, -0.2) is 9.79 Å². The SMILES string of the molecule is CCOC(=O)C1=C(C)N=c2s/c(=C/c3ccco3)c(=O)n2[C@@H]1c1ccc(OC)cc1. The lowest BCUT2D eigenvalue weighted by Gasteiger charge is -2.24. The molecule has 7 nitrogen and oxygen atoms in total. The highest BCUT2D eigenvalue weighted by atomic mass is 32.1. The Kier molecular flexibility index (Phi) is 5.41. The van der Waals surface area contributed by atoms with Gasteiger partial charge >= 0.3 is 5.97 Å². The first kappa shape index (κ1) is 19.9. The molecule has 0 saturated carbocycles. The summed E-state index contributed by atoms with van der Waals surface area (Å²) < 4.78 is 17.9. The predicted octanol–water partition coefficient (Wildman–Crippen LogP) is 2.40. The Morgan fingerprint density at radius 1 is 1.30 bits per heavy atom. The molecule has 3 aromatic rings. The Labute approximate surface area is 176 Å². The van der Waals surface area contributed by atoms with Gasteiger partial charge in [0.05, 0.1) is 41.8 Å². The standard InChI is InChI=1S/C22H20N2O5S/c1-4-28-21(26)18-13(2)23-22-24(19(18)14-7-9-15(27-3)10-8-14)20(25)17(30-22)12-16-6-5-11-29-16/h5-12,19H,4H2,1-3H3/b17-12+/t19-/m1/s1. The normalized spacial score (nSPS) is 16.2. The summed E-state index contributed by atoms with van der Waals surface area (Å²) in [5, 5.41) is 0. The van der Waals surface area contributed by atoms with Crippen molar-refractivity contribution >= 4 is 23.4 Å². The number of thiazole rings is 1. The van der Waals surface area contributed by atoms with Crippen LogP contribution in [-0.4, -0.2) is 24.3 Å². The number of aromatic nitrogens is 1. The Hall–Kier alpha value is -3.39. The largest absolute Gasteiger partial charge is 0.497 e. The van der Waals surface area contributed by atoms with E-state index in [4.69, 9.17) is 13.9 Å². The Bertz CT molecular complexity index is 1280. The van der Waals surface area contributed by atoms with Crippen molar-refractivity contribution < 1.29 is 18.7 Å². The van der Waals surface area contributed by atoms with Gasteiger partial charge in [0, 0.05) is 6.08 Å². The molecule has 154 valence electrons. The number of ether oxygens (including phenoxy) is 2. The zero-order valence-electron chi connectivity index (χ0n) is 16.7. The van der Waals surface area contributed by atoms with Crippen molar-refractivity contribution in [3.05, 3.63) is 84.9 Å². The molecule has 8 heteroatoms. The van der Waals surface area contributed by atoms with Gasteiger partial charge in [-0.3, -0.25) is 9.36 Å². The van der Waals surface area contributed by atoms with E-state index in [-0.39, 0.29) is 12.2 Å². The first-order chi connectivity index (χ1) is 14.5. The van der Waals surface area contributed by atoms with Gasteiger partial charge in [-0.15, -0.1) is 0 Å². The Balaban J connectivity index is 1.95. The minimum Gasteiger partial charge on any atom is -0.497 e. The second-order valence-corrected chi connectivity index (χ2v) is 7.60. The summed E-state index contributed by atoms with van der Waals surface area (Å²) in [6.45, 7) is 3.73. The zero-order chi connectivity index (χ0) is 21.3. The summed E-state index contributed by atoms with van der Waals surface area (Å²) >= 11 is 1.25. The fourth-order valence-electron chi connectivity index (χ4n) is 3.40. The maximum Gasteiger partial charge on any atom is 0.338 e. The first-order valence-corrected chi connectivity index (χ1v) is 10.2. The number of hydrogen-bond acceptors (Lipinski definition) is 7. The fraction of sp³-hybridized carbons (Fsp3) is 0.227. The lowest BCUT2D eigenvalue weighted by atomic mass is 9.96. The van der Waals surface area contributed by atoms with Crippen LogP contribution < -0.4 is 19.6 Å². The molecule has 1 aliphatic heterocycles. The van der Waals surface area contributed by atoms with Crippen LogP contribution in [0.15, 0.2) is 68.1 Å². The highest BCUT2D eigenvalue weighted by Crippen LogP contribution is 2.31. The summed E-state index contributed by atoms with van der Waals surface area (Å²) in [5.74, 6) is 0.768. The summed E-state index contributed by atoms with van der Waals surface area (Å²) in [6, 6.07) is 10.2. The van der Waals surface area contributed by atoms with Crippen molar-refractivity contribution in [3.63, 3.8) is 0 Å². The molecule has 0 saturated heterocycles. The van der Waals surface area contributed by atoms with Crippen LogP contribution in [0.4, 0.5) is 0 Å². The topological polar surface area (TPSA) is 83.0 Å².